The van der Waals surface area contributed by atoms with Gasteiger partial charge in [-0.15, -0.1) is 0 Å². The number of hydrogen-bond donors (Lipinski definition) is 1. The maximum atomic E-state index is 5.43. The SMILES string of the molecule is [CH3][Sn]([CH3])([CH3])[c]1ncnc(N)n1. The third-order valence-corrected chi connectivity index (χ3v) is 5.78. The van der Waals surface area contributed by atoms with Gasteiger partial charge in [0.1, 0.15) is 0 Å². The van der Waals surface area contributed by atoms with Crippen LogP contribution in [0.4, 0.5) is 5.95 Å². The standard InChI is InChI=1S/C3H3N4.3CH3.Sn/c4-3-6-1-5-2-7-3;;;;/h1H,(H2,4,5,6,7);3*1H3;. The Morgan fingerprint density at radius 1 is 1.27 bits per heavy atom. The number of hydrogen-bond acceptors (Lipinski definition) is 4. The van der Waals surface area contributed by atoms with Gasteiger partial charge in [-0.25, -0.2) is 0 Å². The molecule has 0 unspecified atom stereocenters. The number of nitrogen functional groups attached to an aromatic ring is 1. The average Bonchev–Trinajstić information content (AvgIpc) is 1.86. The van der Waals surface area contributed by atoms with Gasteiger partial charge in [-0.1, -0.05) is 0 Å². The molecule has 1 rings (SSSR count). The minimum atomic E-state index is -2.10. The van der Waals surface area contributed by atoms with E-state index in [-0.39, 0.29) is 0 Å². The fraction of sp³-hybridized carbons (Fsp3) is 0.500. The maximum absolute atomic E-state index is 5.43. The molecule has 0 bridgehead atoms. The molecule has 0 saturated heterocycles. The molecule has 0 aliphatic carbocycles. The quantitative estimate of drug-likeness (QED) is 0.721. The zero-order valence-corrected chi connectivity index (χ0v) is 9.85. The van der Waals surface area contributed by atoms with Crippen LogP contribution in [0.2, 0.25) is 14.8 Å². The molecule has 1 aromatic heterocycles. The van der Waals surface area contributed by atoms with E-state index in [1.807, 2.05) is 0 Å². The van der Waals surface area contributed by atoms with Crippen molar-refractivity contribution in [2.24, 2.45) is 0 Å². The normalized spacial score (nSPS) is 11.5. The van der Waals surface area contributed by atoms with Gasteiger partial charge in [0.15, 0.2) is 0 Å². The summed E-state index contributed by atoms with van der Waals surface area (Å²) in [6, 6.07) is 0. The van der Waals surface area contributed by atoms with Crippen LogP contribution in [0.25, 0.3) is 0 Å². The fourth-order valence-electron chi connectivity index (χ4n) is 0.670. The summed E-state index contributed by atoms with van der Waals surface area (Å²) >= 11 is -2.10. The second-order valence-corrected chi connectivity index (χ2v) is 17.5. The van der Waals surface area contributed by atoms with Crippen molar-refractivity contribution in [2.75, 3.05) is 5.73 Å². The summed E-state index contributed by atoms with van der Waals surface area (Å²) in [5.41, 5.74) is 5.43. The molecule has 0 aliphatic rings. The third-order valence-electron chi connectivity index (χ3n) is 1.26. The monoisotopic (exact) mass is 260 g/mol. The Kier molecular flexibility index (Phi) is 2.31. The molecule has 60 valence electrons. The molecule has 0 fully saturated rings. The first-order valence-corrected chi connectivity index (χ1v) is 13.4. The molecule has 0 saturated carbocycles. The van der Waals surface area contributed by atoms with E-state index in [1.54, 1.807) is 0 Å². The number of nitrogens with two attached hydrogens (primary N) is 1. The van der Waals surface area contributed by atoms with Gasteiger partial charge in [0.05, 0.1) is 0 Å². The van der Waals surface area contributed by atoms with Gasteiger partial charge < -0.3 is 0 Å². The second kappa shape index (κ2) is 2.92. The predicted molar refractivity (Wildman–Crippen MR) is 47.2 cm³/mol. The van der Waals surface area contributed by atoms with E-state index in [9.17, 15) is 0 Å². The summed E-state index contributed by atoms with van der Waals surface area (Å²) in [6.07, 6.45) is 1.49. The van der Waals surface area contributed by atoms with Crippen LogP contribution in [0.15, 0.2) is 6.33 Å². The van der Waals surface area contributed by atoms with Gasteiger partial charge in [0.25, 0.3) is 0 Å². The van der Waals surface area contributed by atoms with E-state index in [0.29, 0.717) is 5.95 Å². The summed E-state index contributed by atoms with van der Waals surface area (Å²) in [7, 11) is 0. The first-order chi connectivity index (χ1) is 5.00. The molecule has 11 heavy (non-hydrogen) atoms. The van der Waals surface area contributed by atoms with Crippen LogP contribution in [0.1, 0.15) is 0 Å². The van der Waals surface area contributed by atoms with Crippen LogP contribution in [-0.2, 0) is 0 Å². The van der Waals surface area contributed by atoms with Crippen LogP contribution in [0, 0.1) is 0 Å². The molecule has 0 aliphatic heterocycles. The summed E-state index contributed by atoms with van der Waals surface area (Å²) in [6.45, 7) is 0. The molecule has 1 aromatic rings. The number of nitrogens with zero attached hydrogens (tertiary/aromatic N) is 3. The third kappa shape index (κ3) is 2.28. The number of rotatable bonds is 1. The topological polar surface area (TPSA) is 64.7 Å². The van der Waals surface area contributed by atoms with Crippen LogP contribution in [0.3, 0.4) is 0 Å². The van der Waals surface area contributed by atoms with Crippen LogP contribution < -0.4 is 9.57 Å². The van der Waals surface area contributed by atoms with E-state index >= 15 is 0 Å². The van der Waals surface area contributed by atoms with E-state index in [1.165, 1.54) is 6.33 Å². The Balaban J connectivity index is 3.06. The van der Waals surface area contributed by atoms with Crippen molar-refractivity contribution >= 4 is 28.2 Å². The van der Waals surface area contributed by atoms with Crippen molar-refractivity contribution in [3.05, 3.63) is 6.33 Å². The van der Waals surface area contributed by atoms with Crippen molar-refractivity contribution in [1.29, 1.82) is 0 Å². The Morgan fingerprint density at radius 3 is 2.27 bits per heavy atom. The van der Waals surface area contributed by atoms with Gasteiger partial charge in [0.2, 0.25) is 0 Å². The Hall–Kier alpha value is -0.391. The second-order valence-electron chi connectivity index (χ2n) is 3.42. The molecule has 0 spiro atoms. The molecule has 0 radical (unpaired) electrons. The zero-order valence-electron chi connectivity index (χ0n) is 7.00. The molecule has 1 heterocycles. The molecule has 5 heteroatoms. The van der Waals surface area contributed by atoms with Crippen LogP contribution in [-0.4, -0.2) is 33.3 Å². The predicted octanol–water partition coefficient (Wildman–Crippen LogP) is -0.00100. The minimum absolute atomic E-state index is 0.335. The van der Waals surface area contributed by atoms with E-state index in [2.05, 4.69) is 29.8 Å². The zero-order chi connectivity index (χ0) is 8.48. The molecule has 0 amide bonds. The molecule has 4 nitrogen and oxygen atoms in total. The first kappa shape index (κ1) is 8.70. The van der Waals surface area contributed by atoms with Gasteiger partial charge in [-0.2, -0.15) is 0 Å². The molecular formula is C6H12N4Sn. The van der Waals surface area contributed by atoms with Crippen molar-refractivity contribution < 1.29 is 0 Å². The van der Waals surface area contributed by atoms with E-state index < -0.39 is 18.4 Å². The van der Waals surface area contributed by atoms with Crippen molar-refractivity contribution in [2.45, 2.75) is 14.8 Å². The van der Waals surface area contributed by atoms with Crippen molar-refractivity contribution in [3.8, 4) is 0 Å². The molecule has 0 aromatic carbocycles. The summed E-state index contributed by atoms with van der Waals surface area (Å²) in [5, 5.41) is 0. The first-order valence-electron chi connectivity index (χ1n) is 3.45. The van der Waals surface area contributed by atoms with Gasteiger partial charge in [-0.3, -0.25) is 0 Å². The van der Waals surface area contributed by atoms with Crippen molar-refractivity contribution in [3.63, 3.8) is 0 Å². The summed E-state index contributed by atoms with van der Waals surface area (Å²) in [4.78, 5) is 18.7. The number of anilines is 1. The fourth-order valence-corrected chi connectivity index (χ4v) is 3.22. The Morgan fingerprint density at radius 2 is 1.91 bits per heavy atom. The Labute approximate surface area is 70.1 Å². The Bertz CT molecular complexity index is 255. The molecule has 0 atom stereocenters. The van der Waals surface area contributed by atoms with Gasteiger partial charge >= 0.3 is 70.0 Å². The van der Waals surface area contributed by atoms with Crippen LogP contribution >= 0.6 is 0 Å². The van der Waals surface area contributed by atoms with Crippen molar-refractivity contribution in [1.82, 2.24) is 15.0 Å². The number of aromatic nitrogens is 3. The molecular weight excluding hydrogens is 247 g/mol. The summed E-state index contributed by atoms with van der Waals surface area (Å²) in [5.74, 6) is 0.335. The average molecular weight is 259 g/mol. The summed E-state index contributed by atoms with van der Waals surface area (Å²) < 4.78 is 0.937. The van der Waals surface area contributed by atoms with Gasteiger partial charge in [-0.05, 0) is 0 Å². The molecule has 2 N–H and O–H groups in total. The van der Waals surface area contributed by atoms with E-state index in [0.717, 1.165) is 3.84 Å². The van der Waals surface area contributed by atoms with Crippen LogP contribution in [0.5, 0.6) is 0 Å². The van der Waals surface area contributed by atoms with Gasteiger partial charge in [0, 0.05) is 0 Å². The van der Waals surface area contributed by atoms with E-state index in [4.69, 9.17) is 5.73 Å².